The molecule has 0 unspecified atom stereocenters. The van der Waals surface area contributed by atoms with Gasteiger partial charge in [-0.3, -0.25) is 14.4 Å². The predicted molar refractivity (Wildman–Crippen MR) is 122 cm³/mol. The van der Waals surface area contributed by atoms with E-state index in [1.165, 1.54) is 0 Å². The number of nitrogens with zero attached hydrogens (tertiary/aromatic N) is 1. The highest BCUT2D eigenvalue weighted by Gasteiger charge is 2.31. The molecule has 2 aromatic rings. The second-order valence-electron chi connectivity index (χ2n) is 7.87. The van der Waals surface area contributed by atoms with Gasteiger partial charge in [0.1, 0.15) is 0 Å². The van der Waals surface area contributed by atoms with Gasteiger partial charge in [-0.05, 0) is 75.6 Å². The van der Waals surface area contributed by atoms with E-state index in [0.29, 0.717) is 27.5 Å². The van der Waals surface area contributed by atoms with Crippen molar-refractivity contribution in [1.82, 2.24) is 4.90 Å². The van der Waals surface area contributed by atoms with Crippen LogP contribution in [0.3, 0.4) is 0 Å². The van der Waals surface area contributed by atoms with Crippen LogP contribution >= 0.6 is 11.6 Å². The maximum atomic E-state index is 13.3. The first-order chi connectivity index (χ1) is 14.8. The number of rotatable bonds is 6. The lowest BCUT2D eigenvalue weighted by Crippen LogP contribution is -2.47. The molecule has 0 saturated carbocycles. The molecular formula is C23H27ClN4O3. The Balaban J connectivity index is 1.69. The van der Waals surface area contributed by atoms with Crippen LogP contribution in [-0.2, 0) is 4.79 Å². The SMILES string of the molecule is C[C@H]1CCC[C@H](C)N1C(=O)c1cc(Cl)ccc1NCC(=O)Nc1ccc(C(N)=O)cc1. The Hall–Kier alpha value is -3.06. The molecule has 1 aliphatic rings. The molecule has 3 rings (SSSR count). The van der Waals surface area contributed by atoms with Crippen molar-refractivity contribution in [2.75, 3.05) is 17.2 Å². The zero-order valence-corrected chi connectivity index (χ0v) is 18.4. The van der Waals surface area contributed by atoms with Crippen molar-refractivity contribution in [2.24, 2.45) is 5.73 Å². The van der Waals surface area contributed by atoms with Gasteiger partial charge in [0.15, 0.2) is 0 Å². The normalized spacial score (nSPS) is 18.4. The summed E-state index contributed by atoms with van der Waals surface area (Å²) in [4.78, 5) is 38.7. The number of carbonyl (C=O) groups is 3. The topological polar surface area (TPSA) is 105 Å². The first-order valence-corrected chi connectivity index (χ1v) is 10.7. The molecule has 7 nitrogen and oxygen atoms in total. The Morgan fingerprint density at radius 2 is 1.71 bits per heavy atom. The van der Waals surface area contributed by atoms with Gasteiger partial charge in [0.2, 0.25) is 11.8 Å². The van der Waals surface area contributed by atoms with Gasteiger partial charge in [0.05, 0.1) is 12.1 Å². The molecule has 0 aliphatic carbocycles. The Morgan fingerprint density at radius 1 is 1.06 bits per heavy atom. The number of carbonyl (C=O) groups excluding carboxylic acids is 3. The van der Waals surface area contributed by atoms with E-state index in [4.69, 9.17) is 17.3 Å². The van der Waals surface area contributed by atoms with Gasteiger partial charge in [0, 0.05) is 34.0 Å². The van der Waals surface area contributed by atoms with Crippen molar-refractivity contribution in [3.8, 4) is 0 Å². The summed E-state index contributed by atoms with van der Waals surface area (Å²) in [7, 11) is 0. The molecular weight excluding hydrogens is 416 g/mol. The number of hydrogen-bond donors (Lipinski definition) is 3. The zero-order chi connectivity index (χ0) is 22.5. The van der Waals surface area contributed by atoms with Gasteiger partial charge in [-0.15, -0.1) is 0 Å². The summed E-state index contributed by atoms with van der Waals surface area (Å²) in [6.07, 6.45) is 3.04. The highest BCUT2D eigenvalue weighted by Crippen LogP contribution is 2.28. The zero-order valence-electron chi connectivity index (χ0n) is 17.7. The van der Waals surface area contributed by atoms with Crippen molar-refractivity contribution in [2.45, 2.75) is 45.2 Å². The Labute approximate surface area is 186 Å². The average Bonchev–Trinajstić information content (AvgIpc) is 2.73. The van der Waals surface area contributed by atoms with Gasteiger partial charge in [-0.1, -0.05) is 11.6 Å². The van der Waals surface area contributed by atoms with Crippen LogP contribution in [0.5, 0.6) is 0 Å². The van der Waals surface area contributed by atoms with E-state index in [1.807, 2.05) is 4.90 Å². The van der Waals surface area contributed by atoms with E-state index >= 15 is 0 Å². The minimum absolute atomic E-state index is 0.0371. The fraction of sp³-hybridized carbons (Fsp3) is 0.348. The quantitative estimate of drug-likeness (QED) is 0.631. The van der Waals surface area contributed by atoms with E-state index in [2.05, 4.69) is 24.5 Å². The third-order valence-electron chi connectivity index (χ3n) is 5.53. The number of nitrogens with two attached hydrogens (primary N) is 1. The number of anilines is 2. The lowest BCUT2D eigenvalue weighted by molar-refractivity contribution is -0.114. The fourth-order valence-electron chi connectivity index (χ4n) is 3.91. The van der Waals surface area contributed by atoms with Crippen molar-refractivity contribution in [1.29, 1.82) is 0 Å². The van der Waals surface area contributed by atoms with Gasteiger partial charge in [-0.25, -0.2) is 0 Å². The molecule has 0 bridgehead atoms. The van der Waals surface area contributed by atoms with Crippen LogP contribution in [0.2, 0.25) is 5.02 Å². The lowest BCUT2D eigenvalue weighted by atomic mass is 9.96. The van der Waals surface area contributed by atoms with E-state index in [1.54, 1.807) is 42.5 Å². The Bertz CT molecular complexity index is 967. The van der Waals surface area contributed by atoms with Crippen LogP contribution in [0, 0.1) is 0 Å². The fourth-order valence-corrected chi connectivity index (χ4v) is 4.08. The maximum absolute atomic E-state index is 13.3. The molecule has 1 saturated heterocycles. The van der Waals surface area contributed by atoms with Gasteiger partial charge in [0.25, 0.3) is 5.91 Å². The van der Waals surface area contributed by atoms with E-state index in [-0.39, 0.29) is 30.4 Å². The van der Waals surface area contributed by atoms with Crippen LogP contribution in [-0.4, -0.2) is 41.2 Å². The van der Waals surface area contributed by atoms with Crippen molar-refractivity contribution < 1.29 is 14.4 Å². The summed E-state index contributed by atoms with van der Waals surface area (Å²) in [5.41, 5.74) is 7.13. The number of primary amides is 1. The molecule has 164 valence electrons. The highest BCUT2D eigenvalue weighted by atomic mass is 35.5. The molecule has 2 aromatic carbocycles. The number of benzene rings is 2. The highest BCUT2D eigenvalue weighted by molar-refractivity contribution is 6.31. The number of halogens is 1. The first-order valence-electron chi connectivity index (χ1n) is 10.3. The molecule has 4 N–H and O–H groups in total. The smallest absolute Gasteiger partial charge is 0.256 e. The van der Waals surface area contributed by atoms with E-state index in [9.17, 15) is 14.4 Å². The van der Waals surface area contributed by atoms with Crippen LogP contribution in [0.4, 0.5) is 11.4 Å². The Kier molecular flexibility index (Phi) is 7.17. The minimum atomic E-state index is -0.531. The average molecular weight is 443 g/mol. The van der Waals surface area contributed by atoms with Gasteiger partial charge >= 0.3 is 0 Å². The molecule has 31 heavy (non-hydrogen) atoms. The third-order valence-corrected chi connectivity index (χ3v) is 5.77. The lowest BCUT2D eigenvalue weighted by Gasteiger charge is -2.39. The molecule has 1 heterocycles. The number of hydrogen-bond acceptors (Lipinski definition) is 4. The van der Waals surface area contributed by atoms with Crippen LogP contribution in [0.15, 0.2) is 42.5 Å². The number of likely N-dealkylation sites (tertiary alicyclic amines) is 1. The van der Waals surface area contributed by atoms with Crippen LogP contribution < -0.4 is 16.4 Å². The van der Waals surface area contributed by atoms with Crippen molar-refractivity contribution >= 4 is 40.7 Å². The molecule has 3 amide bonds. The van der Waals surface area contributed by atoms with E-state index < -0.39 is 5.91 Å². The largest absolute Gasteiger partial charge is 0.375 e. The molecule has 0 aromatic heterocycles. The summed E-state index contributed by atoms with van der Waals surface area (Å²) in [6.45, 7) is 4.08. The summed E-state index contributed by atoms with van der Waals surface area (Å²) in [6, 6.07) is 11.6. The minimum Gasteiger partial charge on any atom is -0.375 e. The van der Waals surface area contributed by atoms with Crippen molar-refractivity contribution in [3.63, 3.8) is 0 Å². The maximum Gasteiger partial charge on any atom is 0.256 e. The van der Waals surface area contributed by atoms with Crippen LogP contribution in [0.25, 0.3) is 0 Å². The molecule has 0 radical (unpaired) electrons. The molecule has 2 atom stereocenters. The van der Waals surface area contributed by atoms with Crippen LogP contribution in [0.1, 0.15) is 53.8 Å². The standard InChI is InChI=1S/C23H27ClN4O3/c1-14-4-3-5-15(2)28(14)23(31)19-12-17(24)8-11-20(19)26-13-21(29)27-18-9-6-16(7-10-18)22(25)30/h6-12,14-15,26H,3-5,13H2,1-2H3,(H2,25,30)(H,27,29)/t14-,15-/m0/s1. The van der Waals surface area contributed by atoms with Gasteiger partial charge in [-0.2, -0.15) is 0 Å². The summed E-state index contributed by atoms with van der Waals surface area (Å²) >= 11 is 6.17. The first kappa shape index (κ1) is 22.6. The number of piperidine rings is 1. The summed E-state index contributed by atoms with van der Waals surface area (Å²) in [5, 5.41) is 6.25. The molecule has 8 heteroatoms. The number of amides is 3. The van der Waals surface area contributed by atoms with E-state index in [0.717, 1.165) is 19.3 Å². The van der Waals surface area contributed by atoms with Crippen molar-refractivity contribution in [3.05, 3.63) is 58.6 Å². The molecule has 1 fully saturated rings. The third kappa shape index (κ3) is 5.55. The monoisotopic (exact) mass is 442 g/mol. The second-order valence-corrected chi connectivity index (χ2v) is 8.31. The Morgan fingerprint density at radius 3 is 2.32 bits per heavy atom. The molecule has 1 aliphatic heterocycles. The van der Waals surface area contributed by atoms with Gasteiger partial charge < -0.3 is 21.3 Å². The summed E-state index contributed by atoms with van der Waals surface area (Å²) in [5.74, 6) is -0.913. The molecule has 0 spiro atoms. The number of nitrogens with one attached hydrogen (secondary N) is 2. The summed E-state index contributed by atoms with van der Waals surface area (Å²) < 4.78 is 0. The second kappa shape index (κ2) is 9.83. The predicted octanol–water partition coefficient (Wildman–Crippen LogP) is 3.89.